The first-order valence-electron chi connectivity index (χ1n) is 12.7. The van der Waals surface area contributed by atoms with Crippen molar-refractivity contribution in [2.24, 2.45) is 0 Å². The van der Waals surface area contributed by atoms with E-state index >= 15 is 0 Å². The molecule has 6 heteroatoms. The summed E-state index contributed by atoms with van der Waals surface area (Å²) in [6, 6.07) is 22.0. The van der Waals surface area contributed by atoms with E-state index in [2.05, 4.69) is 67.6 Å². The lowest BCUT2D eigenvalue weighted by atomic mass is 9.87. The monoisotopic (exact) mass is 488 g/mol. The van der Waals surface area contributed by atoms with Gasteiger partial charge in [-0.2, -0.15) is 0 Å². The first-order chi connectivity index (χ1) is 17.5. The van der Waals surface area contributed by atoms with Crippen LogP contribution in [0.15, 0.2) is 85.0 Å². The smallest absolute Gasteiger partial charge is 0.250 e. The quantitative estimate of drug-likeness (QED) is 0.348. The molecule has 2 aliphatic rings. The van der Waals surface area contributed by atoms with Crippen LogP contribution in [0.4, 0.5) is 0 Å². The number of nitrogens with one attached hydrogen (secondary N) is 2. The lowest BCUT2D eigenvalue weighted by Gasteiger charge is -2.18. The highest BCUT2D eigenvalue weighted by atomic mass is 16.2. The highest BCUT2D eigenvalue weighted by Gasteiger charge is 2.13. The van der Waals surface area contributed by atoms with Gasteiger partial charge in [-0.25, -0.2) is 0 Å². The topological polar surface area (TPSA) is 92.3 Å². The van der Waals surface area contributed by atoms with Crippen LogP contribution < -0.4 is 10.6 Å². The molecule has 0 radical (unpaired) electrons. The van der Waals surface area contributed by atoms with E-state index in [9.17, 15) is 19.2 Å². The number of unbranched alkanes of at least 4 members (excludes halogenated alkanes) is 6. The van der Waals surface area contributed by atoms with Crippen molar-refractivity contribution in [2.75, 3.05) is 0 Å². The maximum Gasteiger partial charge on any atom is 0.250 e. The van der Waals surface area contributed by atoms with E-state index < -0.39 is 0 Å². The third-order valence-electron chi connectivity index (χ3n) is 5.77. The van der Waals surface area contributed by atoms with Gasteiger partial charge in [-0.3, -0.25) is 29.8 Å². The van der Waals surface area contributed by atoms with Gasteiger partial charge in [-0.05, 0) is 17.5 Å². The van der Waals surface area contributed by atoms with Crippen molar-refractivity contribution >= 4 is 23.6 Å². The molecule has 2 N–H and O–H groups in total. The maximum absolute atomic E-state index is 10.0. The lowest BCUT2D eigenvalue weighted by Crippen LogP contribution is -2.19. The van der Waals surface area contributed by atoms with E-state index in [0.717, 1.165) is 0 Å². The molecule has 36 heavy (non-hydrogen) atoms. The zero-order valence-corrected chi connectivity index (χ0v) is 21.0. The van der Waals surface area contributed by atoms with Crippen LogP contribution in [0.25, 0.3) is 0 Å². The van der Waals surface area contributed by atoms with Crippen LogP contribution >= 0.6 is 0 Å². The zero-order valence-electron chi connectivity index (χ0n) is 21.0. The van der Waals surface area contributed by atoms with Crippen molar-refractivity contribution in [3.05, 3.63) is 96.1 Å². The molecule has 0 atom stereocenters. The van der Waals surface area contributed by atoms with Crippen molar-refractivity contribution in [2.45, 2.75) is 64.2 Å². The first-order valence-corrected chi connectivity index (χ1v) is 12.7. The van der Waals surface area contributed by atoms with Gasteiger partial charge in [-0.15, -0.1) is 0 Å². The summed E-state index contributed by atoms with van der Waals surface area (Å²) in [5, 5.41) is 4.06. The molecule has 190 valence electrons. The minimum Gasteiger partial charge on any atom is -0.289 e. The number of carbonyl (C=O) groups excluding carboxylic acids is 4. The fourth-order valence-corrected chi connectivity index (χ4v) is 3.91. The van der Waals surface area contributed by atoms with E-state index in [-0.39, 0.29) is 23.6 Å². The fourth-order valence-electron chi connectivity index (χ4n) is 3.91. The van der Waals surface area contributed by atoms with Crippen LogP contribution in [-0.4, -0.2) is 23.6 Å². The van der Waals surface area contributed by atoms with Gasteiger partial charge in [0, 0.05) is 30.2 Å². The van der Waals surface area contributed by atoms with Gasteiger partial charge >= 0.3 is 0 Å². The average molecular weight is 489 g/mol. The molecular weight excluding hydrogens is 452 g/mol. The van der Waals surface area contributed by atoms with Gasteiger partial charge in [0.15, 0.2) is 0 Å². The SMILES string of the molecule is CCCCCCCCCC(c1ccccc1)c1ccccc1.O=C1C=CC(=O)N1.O=C1C=CC(=O)N1. The molecule has 0 bridgehead atoms. The van der Waals surface area contributed by atoms with Crippen LogP contribution in [-0.2, 0) is 19.2 Å². The first kappa shape index (κ1) is 28.4. The molecule has 0 aliphatic carbocycles. The van der Waals surface area contributed by atoms with E-state index in [1.807, 2.05) is 10.6 Å². The summed E-state index contributed by atoms with van der Waals surface area (Å²) in [6.07, 6.45) is 15.7. The van der Waals surface area contributed by atoms with Crippen LogP contribution in [0.3, 0.4) is 0 Å². The van der Waals surface area contributed by atoms with Crippen molar-refractivity contribution in [3.8, 4) is 0 Å². The molecule has 0 saturated carbocycles. The Morgan fingerprint density at radius 1 is 0.528 bits per heavy atom. The molecule has 4 amide bonds. The van der Waals surface area contributed by atoms with Crippen LogP contribution in [0.5, 0.6) is 0 Å². The highest BCUT2D eigenvalue weighted by Crippen LogP contribution is 2.30. The van der Waals surface area contributed by atoms with Crippen LogP contribution in [0.2, 0.25) is 0 Å². The predicted molar refractivity (Wildman–Crippen MR) is 142 cm³/mol. The van der Waals surface area contributed by atoms with Crippen LogP contribution in [0.1, 0.15) is 75.3 Å². The number of imide groups is 2. The number of rotatable bonds is 10. The van der Waals surface area contributed by atoms with Gasteiger partial charge in [0.25, 0.3) is 23.6 Å². The second kappa shape index (κ2) is 16.8. The summed E-state index contributed by atoms with van der Waals surface area (Å²) in [6.45, 7) is 2.28. The third kappa shape index (κ3) is 11.6. The maximum atomic E-state index is 10.0. The summed E-state index contributed by atoms with van der Waals surface area (Å²) in [7, 11) is 0. The third-order valence-corrected chi connectivity index (χ3v) is 5.77. The van der Waals surface area contributed by atoms with E-state index in [4.69, 9.17) is 0 Å². The lowest BCUT2D eigenvalue weighted by molar-refractivity contribution is -0.125. The molecule has 4 rings (SSSR count). The molecule has 2 aromatic rings. The van der Waals surface area contributed by atoms with E-state index in [1.165, 1.54) is 86.8 Å². The van der Waals surface area contributed by atoms with Gasteiger partial charge in [-0.1, -0.05) is 113 Å². The molecule has 2 heterocycles. The van der Waals surface area contributed by atoms with Crippen molar-refractivity contribution < 1.29 is 19.2 Å². The fraction of sp³-hybridized carbons (Fsp3) is 0.333. The number of hydrogen-bond acceptors (Lipinski definition) is 4. The molecule has 6 nitrogen and oxygen atoms in total. The molecule has 0 saturated heterocycles. The van der Waals surface area contributed by atoms with Crippen molar-refractivity contribution in [3.63, 3.8) is 0 Å². The molecule has 0 unspecified atom stereocenters. The zero-order chi connectivity index (χ0) is 26.0. The summed E-state index contributed by atoms with van der Waals surface area (Å²) >= 11 is 0. The Morgan fingerprint density at radius 3 is 1.22 bits per heavy atom. The van der Waals surface area contributed by atoms with Gasteiger partial charge in [0.2, 0.25) is 0 Å². The number of hydrogen-bond donors (Lipinski definition) is 2. The van der Waals surface area contributed by atoms with Gasteiger partial charge in [0.1, 0.15) is 0 Å². The Hall–Kier alpha value is -3.80. The molecule has 0 fully saturated rings. The van der Waals surface area contributed by atoms with Crippen molar-refractivity contribution in [1.82, 2.24) is 10.6 Å². The Morgan fingerprint density at radius 2 is 0.889 bits per heavy atom. The minimum absolute atomic E-state index is 0.329. The second-order valence-electron chi connectivity index (χ2n) is 8.66. The Kier molecular flexibility index (Phi) is 13.2. The molecule has 2 aliphatic heterocycles. The summed E-state index contributed by atoms with van der Waals surface area (Å²) in [4.78, 5) is 40.1. The minimum atomic E-state index is -0.329. The van der Waals surface area contributed by atoms with E-state index in [1.54, 1.807) is 0 Å². The molecular formula is C30H36N2O4. The second-order valence-corrected chi connectivity index (χ2v) is 8.66. The van der Waals surface area contributed by atoms with Gasteiger partial charge in [0.05, 0.1) is 0 Å². The number of amides is 4. The average Bonchev–Trinajstić information content (AvgIpc) is 3.47. The Balaban J connectivity index is 0.000000262. The van der Waals surface area contributed by atoms with Crippen molar-refractivity contribution in [1.29, 1.82) is 0 Å². The Bertz CT molecular complexity index is 922. The highest BCUT2D eigenvalue weighted by molar-refractivity contribution is 6.13. The summed E-state index contributed by atoms with van der Waals surface area (Å²) in [5.41, 5.74) is 2.92. The Labute approximate surface area is 213 Å². The summed E-state index contributed by atoms with van der Waals surface area (Å²) < 4.78 is 0. The largest absolute Gasteiger partial charge is 0.289 e. The predicted octanol–water partition coefficient (Wildman–Crippen LogP) is 5.36. The van der Waals surface area contributed by atoms with Crippen LogP contribution in [0, 0.1) is 0 Å². The molecule has 0 aromatic heterocycles. The number of benzene rings is 2. The standard InChI is InChI=1S/C22H30.2C4H3NO2/c1-2-3-4-5-6-7-14-19-22(20-15-10-8-11-16-20)21-17-12-9-13-18-21;2*6-3-1-2-4(7)5-3/h8-13,15-18,22H,2-7,14,19H2,1H3;2*1-2H,(H,5,6,7). The normalized spacial score (nSPS) is 13.6. The summed E-state index contributed by atoms with van der Waals surface area (Å²) in [5.74, 6) is -0.761. The van der Waals surface area contributed by atoms with Gasteiger partial charge < -0.3 is 0 Å². The number of carbonyl (C=O) groups is 4. The molecule has 2 aromatic carbocycles. The molecule has 0 spiro atoms. The van der Waals surface area contributed by atoms with E-state index in [0.29, 0.717) is 5.92 Å².